The van der Waals surface area contributed by atoms with Crippen LogP contribution in [0.4, 0.5) is 0 Å². The van der Waals surface area contributed by atoms with Gasteiger partial charge < -0.3 is 13.6 Å². The molecule has 25 heavy (non-hydrogen) atoms. The Morgan fingerprint density at radius 2 is 1.92 bits per heavy atom. The first-order chi connectivity index (χ1) is 12.2. The monoisotopic (exact) mass is 333 g/mol. The Morgan fingerprint density at radius 1 is 1.08 bits per heavy atom. The van der Waals surface area contributed by atoms with Gasteiger partial charge >= 0.3 is 5.63 Å². The lowest BCUT2D eigenvalue weighted by molar-refractivity contribution is 0.301. The van der Waals surface area contributed by atoms with Crippen LogP contribution in [0.3, 0.4) is 0 Å². The van der Waals surface area contributed by atoms with Crippen LogP contribution >= 0.6 is 0 Å². The standard InChI is InChI=1S/C20H15NO4/c1-13-9-19(22)25-18-10-16(7-8-17(13)18)23-11-15-12-24-20(21-15)14-5-3-2-4-6-14/h2-10,12H,11H2,1H3. The third-order valence-electron chi connectivity index (χ3n) is 3.88. The molecule has 2 aromatic carbocycles. The first kappa shape index (κ1) is 15.2. The van der Waals surface area contributed by atoms with Gasteiger partial charge in [-0.1, -0.05) is 18.2 Å². The van der Waals surface area contributed by atoms with Crippen molar-refractivity contribution in [3.05, 3.63) is 82.5 Å². The molecular weight excluding hydrogens is 318 g/mol. The van der Waals surface area contributed by atoms with E-state index < -0.39 is 0 Å². The molecule has 0 amide bonds. The Hall–Kier alpha value is -3.34. The average molecular weight is 333 g/mol. The van der Waals surface area contributed by atoms with Crippen LogP contribution in [-0.4, -0.2) is 4.98 Å². The van der Waals surface area contributed by atoms with E-state index >= 15 is 0 Å². The maximum absolute atomic E-state index is 11.5. The van der Waals surface area contributed by atoms with Crippen LogP contribution in [-0.2, 0) is 6.61 Å². The fraction of sp³-hybridized carbons (Fsp3) is 0.100. The Kier molecular flexibility index (Phi) is 3.82. The molecule has 5 nitrogen and oxygen atoms in total. The molecule has 2 aromatic heterocycles. The second-order valence-corrected chi connectivity index (χ2v) is 5.71. The highest BCUT2D eigenvalue weighted by atomic mass is 16.5. The van der Waals surface area contributed by atoms with Crippen molar-refractivity contribution in [1.29, 1.82) is 0 Å². The molecule has 5 heteroatoms. The van der Waals surface area contributed by atoms with Gasteiger partial charge in [0.1, 0.15) is 29.9 Å². The maximum Gasteiger partial charge on any atom is 0.336 e. The molecule has 0 atom stereocenters. The second kappa shape index (κ2) is 6.28. The van der Waals surface area contributed by atoms with Crippen LogP contribution in [0.25, 0.3) is 22.4 Å². The highest BCUT2D eigenvalue weighted by molar-refractivity contribution is 5.81. The van der Waals surface area contributed by atoms with Crippen molar-refractivity contribution >= 4 is 11.0 Å². The Bertz CT molecular complexity index is 1080. The molecule has 124 valence electrons. The van der Waals surface area contributed by atoms with Crippen molar-refractivity contribution in [2.45, 2.75) is 13.5 Å². The van der Waals surface area contributed by atoms with Crippen LogP contribution < -0.4 is 10.4 Å². The second-order valence-electron chi connectivity index (χ2n) is 5.71. The summed E-state index contributed by atoms with van der Waals surface area (Å²) < 4.78 is 16.5. The number of hydrogen-bond acceptors (Lipinski definition) is 5. The van der Waals surface area contributed by atoms with E-state index in [9.17, 15) is 4.79 Å². The largest absolute Gasteiger partial charge is 0.487 e. The summed E-state index contributed by atoms with van der Waals surface area (Å²) in [7, 11) is 0. The molecular formula is C20H15NO4. The maximum atomic E-state index is 11.5. The zero-order chi connectivity index (χ0) is 17.2. The molecule has 0 N–H and O–H groups in total. The van der Waals surface area contributed by atoms with Gasteiger partial charge in [0.2, 0.25) is 5.89 Å². The third kappa shape index (κ3) is 3.17. The predicted molar refractivity (Wildman–Crippen MR) is 93.5 cm³/mol. The first-order valence-corrected chi connectivity index (χ1v) is 7.86. The number of rotatable bonds is 4. The number of oxazole rings is 1. The van der Waals surface area contributed by atoms with Crippen molar-refractivity contribution < 1.29 is 13.6 Å². The molecule has 0 fully saturated rings. The van der Waals surface area contributed by atoms with Gasteiger partial charge in [-0.3, -0.25) is 0 Å². The molecule has 0 radical (unpaired) electrons. The van der Waals surface area contributed by atoms with Crippen LogP contribution in [0.1, 0.15) is 11.3 Å². The van der Waals surface area contributed by atoms with E-state index in [4.69, 9.17) is 13.6 Å². The van der Waals surface area contributed by atoms with Gasteiger partial charge in [-0.25, -0.2) is 9.78 Å². The lowest BCUT2D eigenvalue weighted by atomic mass is 10.1. The number of aromatic nitrogens is 1. The minimum absolute atomic E-state index is 0.262. The van der Waals surface area contributed by atoms with Crippen molar-refractivity contribution in [2.24, 2.45) is 0 Å². The normalized spacial score (nSPS) is 10.9. The lowest BCUT2D eigenvalue weighted by Crippen LogP contribution is -1.99. The Balaban J connectivity index is 1.53. The van der Waals surface area contributed by atoms with E-state index in [1.807, 2.05) is 49.4 Å². The van der Waals surface area contributed by atoms with Crippen molar-refractivity contribution in [3.63, 3.8) is 0 Å². The zero-order valence-electron chi connectivity index (χ0n) is 13.6. The number of ether oxygens (including phenoxy) is 1. The number of fused-ring (bicyclic) bond motifs is 1. The van der Waals surface area contributed by atoms with Crippen molar-refractivity contribution in [2.75, 3.05) is 0 Å². The lowest BCUT2D eigenvalue weighted by Gasteiger charge is -2.06. The summed E-state index contributed by atoms with van der Waals surface area (Å²) in [6.07, 6.45) is 1.58. The Morgan fingerprint density at radius 3 is 2.76 bits per heavy atom. The molecule has 4 rings (SSSR count). The Labute approximate surface area is 143 Å². The molecule has 0 aliphatic heterocycles. The van der Waals surface area contributed by atoms with Crippen LogP contribution in [0.2, 0.25) is 0 Å². The SMILES string of the molecule is Cc1cc(=O)oc2cc(OCc3coc(-c4ccccc4)n3)ccc12. The van der Waals surface area contributed by atoms with E-state index in [-0.39, 0.29) is 12.2 Å². The third-order valence-corrected chi connectivity index (χ3v) is 3.88. The van der Waals surface area contributed by atoms with Gasteiger partial charge in [0.15, 0.2) is 0 Å². The fourth-order valence-corrected chi connectivity index (χ4v) is 2.64. The number of hydrogen-bond donors (Lipinski definition) is 0. The quantitative estimate of drug-likeness (QED) is 0.520. The molecule has 0 aliphatic carbocycles. The molecule has 2 heterocycles. The smallest absolute Gasteiger partial charge is 0.336 e. The summed E-state index contributed by atoms with van der Waals surface area (Å²) in [6.45, 7) is 2.14. The van der Waals surface area contributed by atoms with Crippen LogP contribution in [0.5, 0.6) is 5.75 Å². The highest BCUT2D eigenvalue weighted by Gasteiger charge is 2.08. The molecule has 4 aromatic rings. The fourth-order valence-electron chi connectivity index (χ4n) is 2.64. The van der Waals surface area contributed by atoms with Crippen molar-refractivity contribution in [3.8, 4) is 17.2 Å². The van der Waals surface area contributed by atoms with Gasteiger partial charge in [0, 0.05) is 23.1 Å². The zero-order valence-corrected chi connectivity index (χ0v) is 13.6. The van der Waals surface area contributed by atoms with E-state index in [2.05, 4.69) is 4.98 Å². The van der Waals surface area contributed by atoms with E-state index in [0.717, 1.165) is 16.5 Å². The summed E-state index contributed by atoms with van der Waals surface area (Å²) in [5.74, 6) is 1.16. The summed E-state index contributed by atoms with van der Waals surface area (Å²) >= 11 is 0. The van der Waals surface area contributed by atoms with Crippen LogP contribution in [0.15, 0.2) is 74.5 Å². The van der Waals surface area contributed by atoms with Gasteiger partial charge in [-0.15, -0.1) is 0 Å². The number of benzene rings is 2. The average Bonchev–Trinajstić information content (AvgIpc) is 3.09. The van der Waals surface area contributed by atoms with Gasteiger partial charge in [-0.05, 0) is 36.8 Å². The van der Waals surface area contributed by atoms with Gasteiger partial charge in [0.05, 0.1) is 0 Å². The molecule has 0 aliphatic rings. The van der Waals surface area contributed by atoms with Crippen molar-refractivity contribution in [1.82, 2.24) is 4.98 Å². The van der Waals surface area contributed by atoms with E-state index in [1.165, 1.54) is 6.07 Å². The van der Waals surface area contributed by atoms with E-state index in [1.54, 1.807) is 12.3 Å². The highest BCUT2D eigenvalue weighted by Crippen LogP contribution is 2.23. The minimum Gasteiger partial charge on any atom is -0.487 e. The predicted octanol–water partition coefficient (Wildman–Crippen LogP) is 4.34. The van der Waals surface area contributed by atoms with E-state index in [0.29, 0.717) is 22.9 Å². The molecule has 0 saturated heterocycles. The first-order valence-electron chi connectivity index (χ1n) is 7.86. The van der Waals surface area contributed by atoms with Crippen LogP contribution in [0, 0.1) is 6.92 Å². The summed E-state index contributed by atoms with van der Waals surface area (Å²) in [5, 5.41) is 0.889. The molecule has 0 bridgehead atoms. The number of nitrogens with zero attached hydrogens (tertiary/aromatic N) is 1. The topological polar surface area (TPSA) is 65.5 Å². The number of aryl methyl sites for hydroxylation is 1. The molecule has 0 saturated carbocycles. The summed E-state index contributed by atoms with van der Waals surface area (Å²) in [4.78, 5) is 15.9. The van der Waals surface area contributed by atoms with Gasteiger partial charge in [0.25, 0.3) is 0 Å². The molecule has 0 spiro atoms. The summed E-state index contributed by atoms with van der Waals surface area (Å²) in [5.41, 5.74) is 2.61. The van der Waals surface area contributed by atoms with Gasteiger partial charge in [-0.2, -0.15) is 0 Å². The summed E-state index contributed by atoms with van der Waals surface area (Å²) in [6, 6.07) is 16.6. The molecule has 0 unspecified atom stereocenters. The minimum atomic E-state index is -0.369.